The molecule has 1 aromatic rings. The summed E-state index contributed by atoms with van der Waals surface area (Å²) in [6.07, 6.45) is 9.11. The van der Waals surface area contributed by atoms with Crippen molar-refractivity contribution in [1.82, 2.24) is 0 Å². The van der Waals surface area contributed by atoms with Crippen molar-refractivity contribution in [3.05, 3.63) is 34.9 Å². The minimum absolute atomic E-state index is 0.192. The molecule has 22 heavy (non-hydrogen) atoms. The number of benzene rings is 1. The van der Waals surface area contributed by atoms with Gasteiger partial charge >= 0.3 is 0 Å². The molecule has 2 aliphatic carbocycles. The van der Waals surface area contributed by atoms with Crippen molar-refractivity contribution in [3.63, 3.8) is 0 Å². The van der Waals surface area contributed by atoms with Crippen molar-refractivity contribution in [2.45, 2.75) is 70.3 Å². The van der Waals surface area contributed by atoms with Crippen LogP contribution in [0.3, 0.4) is 0 Å². The Labute approximate surface area is 132 Å². The van der Waals surface area contributed by atoms with E-state index in [0.29, 0.717) is 17.2 Å². The Morgan fingerprint density at radius 3 is 1.95 bits per heavy atom. The van der Waals surface area contributed by atoms with E-state index in [9.17, 15) is 8.78 Å². The predicted octanol–water partition coefficient (Wildman–Crippen LogP) is 5.06. The summed E-state index contributed by atoms with van der Waals surface area (Å²) in [5.74, 6) is 0.479. The fraction of sp³-hybridized carbons (Fsp3) is 0.684. The van der Waals surface area contributed by atoms with E-state index in [1.165, 1.54) is 12.8 Å². The molecule has 1 aromatic carbocycles. The highest BCUT2D eigenvalue weighted by atomic mass is 19.2. The van der Waals surface area contributed by atoms with Crippen LogP contribution in [-0.2, 0) is 0 Å². The van der Waals surface area contributed by atoms with Gasteiger partial charge in [-0.1, -0.05) is 12.1 Å². The second-order valence-corrected chi connectivity index (χ2v) is 7.39. The number of rotatable bonds is 2. The first-order valence-electron chi connectivity index (χ1n) is 8.76. The molecule has 0 saturated heterocycles. The zero-order valence-electron chi connectivity index (χ0n) is 13.5. The van der Waals surface area contributed by atoms with Gasteiger partial charge < -0.3 is 5.73 Å². The highest BCUT2D eigenvalue weighted by Crippen LogP contribution is 2.43. The molecule has 1 nitrogen and oxygen atoms in total. The first-order valence-corrected chi connectivity index (χ1v) is 8.76. The lowest BCUT2D eigenvalue weighted by molar-refractivity contribution is 0.176. The van der Waals surface area contributed by atoms with Crippen molar-refractivity contribution in [1.29, 1.82) is 0 Å². The van der Waals surface area contributed by atoms with Gasteiger partial charge in [-0.05, 0) is 87.2 Å². The molecule has 0 spiro atoms. The summed E-state index contributed by atoms with van der Waals surface area (Å²) in [6.45, 7) is 1.62. The molecule has 0 aromatic heterocycles. The highest BCUT2D eigenvalue weighted by Gasteiger charge is 2.31. The van der Waals surface area contributed by atoms with Gasteiger partial charge in [0, 0.05) is 6.04 Å². The molecule has 3 heteroatoms. The summed E-state index contributed by atoms with van der Waals surface area (Å²) in [4.78, 5) is 0. The van der Waals surface area contributed by atoms with Gasteiger partial charge in [-0.3, -0.25) is 0 Å². The Hall–Kier alpha value is -0.960. The van der Waals surface area contributed by atoms with Crippen molar-refractivity contribution in [2.24, 2.45) is 17.6 Å². The quantitative estimate of drug-likeness (QED) is 0.811. The molecule has 0 unspecified atom stereocenters. The maximum absolute atomic E-state index is 14.2. The fourth-order valence-corrected chi connectivity index (χ4v) is 4.49. The molecule has 2 fully saturated rings. The molecule has 2 aliphatic rings. The van der Waals surface area contributed by atoms with Crippen LogP contribution in [0, 0.1) is 30.4 Å². The van der Waals surface area contributed by atoms with E-state index in [-0.39, 0.29) is 5.92 Å². The Bertz CT molecular complexity index is 512. The minimum atomic E-state index is -0.666. The molecule has 0 bridgehead atoms. The van der Waals surface area contributed by atoms with Crippen LogP contribution in [0.5, 0.6) is 0 Å². The smallest absolute Gasteiger partial charge is 0.162 e. The Balaban J connectivity index is 1.61. The van der Waals surface area contributed by atoms with Crippen LogP contribution < -0.4 is 5.73 Å². The van der Waals surface area contributed by atoms with E-state index in [4.69, 9.17) is 5.73 Å². The lowest BCUT2D eigenvalue weighted by atomic mass is 9.69. The van der Waals surface area contributed by atoms with E-state index in [0.717, 1.165) is 50.4 Å². The van der Waals surface area contributed by atoms with E-state index in [2.05, 4.69) is 0 Å². The third kappa shape index (κ3) is 3.19. The van der Waals surface area contributed by atoms with Crippen LogP contribution in [-0.4, -0.2) is 6.04 Å². The van der Waals surface area contributed by atoms with Crippen LogP contribution in [0.15, 0.2) is 12.1 Å². The number of hydrogen-bond acceptors (Lipinski definition) is 1. The summed E-state index contributed by atoms with van der Waals surface area (Å²) in [7, 11) is 0. The Morgan fingerprint density at radius 1 is 0.818 bits per heavy atom. The average molecular weight is 307 g/mol. The zero-order chi connectivity index (χ0) is 15.7. The molecular formula is C19H27F2N. The maximum atomic E-state index is 14.2. The Morgan fingerprint density at radius 2 is 1.36 bits per heavy atom. The molecule has 3 rings (SSSR count). The normalized spacial score (nSPS) is 32.9. The van der Waals surface area contributed by atoms with Crippen LogP contribution in [0.1, 0.15) is 68.4 Å². The summed E-state index contributed by atoms with van der Waals surface area (Å²) < 4.78 is 27.9. The molecule has 0 amide bonds. The summed E-state index contributed by atoms with van der Waals surface area (Å²) in [5.41, 5.74) is 6.98. The predicted molar refractivity (Wildman–Crippen MR) is 85.7 cm³/mol. The fourth-order valence-electron chi connectivity index (χ4n) is 4.49. The second-order valence-electron chi connectivity index (χ2n) is 7.39. The third-order valence-electron chi connectivity index (χ3n) is 6.00. The van der Waals surface area contributed by atoms with Crippen molar-refractivity contribution < 1.29 is 8.78 Å². The topological polar surface area (TPSA) is 26.0 Å². The molecule has 0 aliphatic heterocycles. The lowest BCUT2D eigenvalue weighted by Gasteiger charge is -2.37. The number of hydrogen-bond donors (Lipinski definition) is 1. The molecule has 0 atom stereocenters. The van der Waals surface area contributed by atoms with Crippen molar-refractivity contribution in [2.75, 3.05) is 0 Å². The van der Waals surface area contributed by atoms with Crippen LogP contribution >= 0.6 is 0 Å². The van der Waals surface area contributed by atoms with Gasteiger partial charge in [0.1, 0.15) is 0 Å². The maximum Gasteiger partial charge on any atom is 0.162 e. The number of aryl methyl sites for hydroxylation is 1. The molecule has 0 radical (unpaired) electrons. The van der Waals surface area contributed by atoms with Crippen molar-refractivity contribution >= 4 is 0 Å². The number of nitrogens with two attached hydrogens (primary N) is 1. The largest absolute Gasteiger partial charge is 0.328 e. The van der Waals surface area contributed by atoms with Gasteiger partial charge in [0.2, 0.25) is 0 Å². The Kier molecular flexibility index (Phi) is 4.82. The first kappa shape index (κ1) is 15.9. The van der Waals surface area contributed by atoms with Gasteiger partial charge in [-0.25, -0.2) is 8.78 Å². The summed E-state index contributed by atoms with van der Waals surface area (Å²) in [5, 5.41) is 0. The van der Waals surface area contributed by atoms with E-state index >= 15 is 0 Å². The van der Waals surface area contributed by atoms with E-state index in [1.54, 1.807) is 19.1 Å². The average Bonchev–Trinajstić information content (AvgIpc) is 2.54. The molecule has 2 saturated carbocycles. The van der Waals surface area contributed by atoms with Crippen LogP contribution in [0.4, 0.5) is 8.78 Å². The van der Waals surface area contributed by atoms with E-state index < -0.39 is 11.6 Å². The van der Waals surface area contributed by atoms with Crippen LogP contribution in [0.2, 0.25) is 0 Å². The molecule has 0 heterocycles. The standard InChI is InChI=1S/C19H27F2N/c1-12-2-11-17(19(21)18(12)20)15-5-3-13(4-6-15)14-7-9-16(22)10-8-14/h2,11,13-16H,3-10,22H2,1H3. The zero-order valence-corrected chi connectivity index (χ0v) is 13.5. The SMILES string of the molecule is Cc1ccc(C2CCC(C3CCC(N)CC3)CC2)c(F)c1F. The summed E-state index contributed by atoms with van der Waals surface area (Å²) >= 11 is 0. The van der Waals surface area contributed by atoms with Gasteiger partial charge in [0.05, 0.1) is 0 Å². The summed E-state index contributed by atoms with van der Waals surface area (Å²) in [6, 6.07) is 3.90. The second kappa shape index (κ2) is 6.66. The molecule has 2 N–H and O–H groups in total. The minimum Gasteiger partial charge on any atom is -0.328 e. The lowest BCUT2D eigenvalue weighted by Crippen LogP contribution is -2.31. The molecule has 122 valence electrons. The monoisotopic (exact) mass is 307 g/mol. The first-order chi connectivity index (χ1) is 10.6. The highest BCUT2D eigenvalue weighted by molar-refractivity contribution is 5.28. The van der Waals surface area contributed by atoms with Crippen molar-refractivity contribution in [3.8, 4) is 0 Å². The van der Waals surface area contributed by atoms with Gasteiger partial charge in [0.15, 0.2) is 11.6 Å². The van der Waals surface area contributed by atoms with E-state index in [1.807, 2.05) is 0 Å². The van der Waals surface area contributed by atoms with Gasteiger partial charge in [-0.15, -0.1) is 0 Å². The van der Waals surface area contributed by atoms with Gasteiger partial charge in [-0.2, -0.15) is 0 Å². The molecular weight excluding hydrogens is 280 g/mol. The van der Waals surface area contributed by atoms with Gasteiger partial charge in [0.25, 0.3) is 0 Å². The number of halogens is 2. The third-order valence-corrected chi connectivity index (χ3v) is 6.00. The van der Waals surface area contributed by atoms with Crippen LogP contribution in [0.25, 0.3) is 0 Å².